The summed E-state index contributed by atoms with van der Waals surface area (Å²) in [5.41, 5.74) is 0.290. The van der Waals surface area contributed by atoms with Crippen LogP contribution in [0.15, 0.2) is 43.0 Å². The summed E-state index contributed by atoms with van der Waals surface area (Å²) in [4.78, 5) is 27.0. The summed E-state index contributed by atoms with van der Waals surface area (Å²) in [5, 5.41) is 3.08. The van der Waals surface area contributed by atoms with Crippen LogP contribution in [-0.2, 0) is 4.79 Å². The zero-order valence-corrected chi connectivity index (χ0v) is 13.9. The summed E-state index contributed by atoms with van der Waals surface area (Å²) in [7, 11) is 0. The average molecular weight is 360 g/mol. The third-order valence-corrected chi connectivity index (χ3v) is 3.94. The molecule has 3 rings (SSSR count). The van der Waals surface area contributed by atoms with Crippen LogP contribution in [0.25, 0.3) is 0 Å². The lowest BCUT2D eigenvalue weighted by atomic mass is 10.3. The lowest BCUT2D eigenvalue weighted by Gasteiger charge is -2.35. The highest BCUT2D eigenvalue weighted by Gasteiger charge is 2.19. The first-order chi connectivity index (χ1) is 12.7. The number of allylic oxidation sites excluding steroid dienone is 1. The number of alkyl halides is 2. The van der Waals surface area contributed by atoms with Crippen molar-refractivity contribution >= 4 is 23.6 Å². The number of hydrogen-bond acceptors (Lipinski definition) is 7. The van der Waals surface area contributed by atoms with E-state index >= 15 is 0 Å². The highest BCUT2D eigenvalue weighted by molar-refractivity contribution is 5.68. The molecule has 1 aliphatic rings. The number of aromatic nitrogens is 3. The van der Waals surface area contributed by atoms with Crippen molar-refractivity contribution < 1.29 is 13.6 Å². The van der Waals surface area contributed by atoms with Gasteiger partial charge in [-0.25, -0.2) is 18.7 Å². The van der Waals surface area contributed by atoms with Gasteiger partial charge >= 0.3 is 0 Å². The smallest absolute Gasteiger partial charge is 0.280 e. The number of pyridine rings is 1. The monoisotopic (exact) mass is 360 g/mol. The number of rotatable bonds is 6. The van der Waals surface area contributed by atoms with Crippen LogP contribution in [0.5, 0.6) is 0 Å². The molecule has 136 valence electrons. The molecular formula is C17H18F2N6O. The van der Waals surface area contributed by atoms with Gasteiger partial charge in [-0.3, -0.25) is 9.78 Å². The SMILES string of the molecule is O=CC=CN1CCN(c2nccnc2Nc2ccc(C(F)F)nc2)CC1. The maximum absolute atomic E-state index is 12.6. The molecule has 0 aromatic carbocycles. The second-order valence-electron chi connectivity index (χ2n) is 5.63. The third-order valence-electron chi connectivity index (χ3n) is 3.94. The maximum atomic E-state index is 12.6. The number of aldehydes is 1. The van der Waals surface area contributed by atoms with Crippen molar-refractivity contribution in [3.8, 4) is 0 Å². The second kappa shape index (κ2) is 8.32. The van der Waals surface area contributed by atoms with Crippen LogP contribution in [0.3, 0.4) is 0 Å². The molecule has 0 atom stereocenters. The number of carbonyl (C=O) groups excluding carboxylic acids is 1. The second-order valence-corrected chi connectivity index (χ2v) is 5.63. The molecule has 1 fully saturated rings. The maximum Gasteiger partial charge on any atom is 0.280 e. The quantitative estimate of drug-likeness (QED) is 0.626. The van der Waals surface area contributed by atoms with E-state index in [-0.39, 0.29) is 5.69 Å². The Bertz CT molecular complexity index is 760. The summed E-state index contributed by atoms with van der Waals surface area (Å²) in [5.74, 6) is 1.22. The number of nitrogens with one attached hydrogen (secondary N) is 1. The van der Waals surface area contributed by atoms with Crippen LogP contribution < -0.4 is 10.2 Å². The van der Waals surface area contributed by atoms with E-state index in [9.17, 15) is 13.6 Å². The molecule has 0 unspecified atom stereocenters. The standard InChI is InChI=1S/C17H18F2N6O/c18-15(19)14-3-2-13(12-22-14)23-16-17(21-5-4-20-16)25-9-7-24(8-10-25)6-1-11-26/h1-6,11-12,15H,7-10H2,(H,20,23). The number of piperazine rings is 1. The topological polar surface area (TPSA) is 74.2 Å². The van der Waals surface area contributed by atoms with E-state index in [1.165, 1.54) is 24.4 Å². The van der Waals surface area contributed by atoms with Gasteiger partial charge in [0, 0.05) is 44.8 Å². The number of halogens is 2. The molecule has 0 aliphatic carbocycles. The molecule has 26 heavy (non-hydrogen) atoms. The highest BCUT2D eigenvalue weighted by Crippen LogP contribution is 2.25. The Kier molecular flexibility index (Phi) is 5.67. The molecule has 0 spiro atoms. The van der Waals surface area contributed by atoms with Gasteiger partial charge in [0.2, 0.25) is 0 Å². The number of nitrogens with zero attached hydrogens (tertiary/aromatic N) is 5. The largest absolute Gasteiger partial charge is 0.374 e. The molecule has 9 heteroatoms. The molecule has 1 N–H and O–H groups in total. The summed E-state index contributed by atoms with van der Waals surface area (Å²) in [6, 6.07) is 2.82. The van der Waals surface area contributed by atoms with Crippen LogP contribution in [0.4, 0.5) is 26.1 Å². The number of hydrogen-bond donors (Lipinski definition) is 1. The predicted molar refractivity (Wildman–Crippen MR) is 93.5 cm³/mol. The molecule has 0 saturated carbocycles. The first-order valence-corrected chi connectivity index (χ1v) is 8.10. The Hall–Kier alpha value is -3.10. The average Bonchev–Trinajstić information content (AvgIpc) is 2.68. The third kappa shape index (κ3) is 4.29. The van der Waals surface area contributed by atoms with Crippen molar-refractivity contribution in [2.45, 2.75) is 6.43 Å². The van der Waals surface area contributed by atoms with E-state index in [4.69, 9.17) is 0 Å². The summed E-state index contributed by atoms with van der Waals surface area (Å²) >= 11 is 0. The van der Waals surface area contributed by atoms with Crippen LogP contribution >= 0.6 is 0 Å². The molecule has 0 bridgehead atoms. The van der Waals surface area contributed by atoms with Crippen molar-refractivity contribution in [2.24, 2.45) is 0 Å². The van der Waals surface area contributed by atoms with Crippen molar-refractivity contribution in [2.75, 3.05) is 36.4 Å². The van der Waals surface area contributed by atoms with Crippen LogP contribution in [0.2, 0.25) is 0 Å². The van der Waals surface area contributed by atoms with Gasteiger partial charge < -0.3 is 15.1 Å². The van der Waals surface area contributed by atoms with Gasteiger partial charge in [-0.2, -0.15) is 0 Å². The van der Waals surface area contributed by atoms with Gasteiger partial charge in [-0.05, 0) is 18.2 Å². The normalized spacial score (nSPS) is 14.9. The first-order valence-electron chi connectivity index (χ1n) is 8.10. The molecular weight excluding hydrogens is 342 g/mol. The van der Waals surface area contributed by atoms with E-state index in [2.05, 4.69) is 30.1 Å². The van der Waals surface area contributed by atoms with E-state index in [0.717, 1.165) is 32.5 Å². The molecule has 0 radical (unpaired) electrons. The minimum absolute atomic E-state index is 0.269. The zero-order chi connectivity index (χ0) is 18.4. The van der Waals surface area contributed by atoms with Gasteiger partial charge in [0.05, 0.1) is 11.9 Å². The first kappa shape index (κ1) is 17.7. The predicted octanol–water partition coefficient (Wildman–Crippen LogP) is 2.39. The Balaban J connectivity index is 1.70. The summed E-state index contributed by atoms with van der Waals surface area (Å²) in [6.45, 7) is 2.95. The van der Waals surface area contributed by atoms with Crippen LogP contribution in [0, 0.1) is 0 Å². The van der Waals surface area contributed by atoms with Crippen molar-refractivity contribution in [1.29, 1.82) is 0 Å². The molecule has 0 amide bonds. The Morgan fingerprint density at radius 3 is 2.50 bits per heavy atom. The van der Waals surface area contributed by atoms with Gasteiger partial charge in [0.15, 0.2) is 11.6 Å². The molecule has 2 aromatic heterocycles. The van der Waals surface area contributed by atoms with Crippen molar-refractivity contribution in [1.82, 2.24) is 19.9 Å². The van der Waals surface area contributed by atoms with E-state index < -0.39 is 6.43 Å². The molecule has 3 heterocycles. The minimum Gasteiger partial charge on any atom is -0.374 e. The Labute approximate surface area is 149 Å². The molecule has 1 aliphatic heterocycles. The fourth-order valence-electron chi connectivity index (χ4n) is 2.63. The van der Waals surface area contributed by atoms with E-state index in [1.807, 2.05) is 0 Å². The Morgan fingerprint density at radius 1 is 1.08 bits per heavy atom. The van der Waals surface area contributed by atoms with E-state index in [0.29, 0.717) is 17.3 Å². The van der Waals surface area contributed by atoms with Gasteiger partial charge in [0.25, 0.3) is 6.43 Å². The van der Waals surface area contributed by atoms with Gasteiger partial charge in [-0.15, -0.1) is 0 Å². The highest BCUT2D eigenvalue weighted by atomic mass is 19.3. The summed E-state index contributed by atoms with van der Waals surface area (Å²) in [6.07, 6.45) is 5.93. The fourth-order valence-corrected chi connectivity index (χ4v) is 2.63. The zero-order valence-electron chi connectivity index (χ0n) is 13.9. The number of anilines is 3. The van der Waals surface area contributed by atoms with Crippen LogP contribution in [-0.4, -0.2) is 52.3 Å². The lowest BCUT2D eigenvalue weighted by Crippen LogP contribution is -2.44. The van der Waals surface area contributed by atoms with Crippen molar-refractivity contribution in [3.05, 3.63) is 48.7 Å². The molecule has 2 aromatic rings. The fraction of sp³-hybridized carbons (Fsp3) is 0.294. The molecule has 1 saturated heterocycles. The lowest BCUT2D eigenvalue weighted by molar-refractivity contribution is -0.104. The minimum atomic E-state index is -2.60. The van der Waals surface area contributed by atoms with Gasteiger partial charge in [0.1, 0.15) is 12.0 Å². The van der Waals surface area contributed by atoms with Crippen LogP contribution in [0.1, 0.15) is 12.1 Å². The Morgan fingerprint density at radius 2 is 1.85 bits per heavy atom. The van der Waals surface area contributed by atoms with Gasteiger partial charge in [-0.1, -0.05) is 0 Å². The summed E-state index contributed by atoms with van der Waals surface area (Å²) < 4.78 is 25.2. The van der Waals surface area contributed by atoms with E-state index in [1.54, 1.807) is 18.6 Å². The molecule has 7 nitrogen and oxygen atoms in total. The number of carbonyl (C=O) groups is 1. The van der Waals surface area contributed by atoms with Crippen molar-refractivity contribution in [3.63, 3.8) is 0 Å².